The lowest BCUT2D eigenvalue weighted by Gasteiger charge is -2.25. The van der Waals surface area contributed by atoms with E-state index in [2.05, 4.69) is 5.32 Å². The molecule has 0 radical (unpaired) electrons. The molecule has 0 saturated heterocycles. The number of unbranched alkanes of at least 4 members (excludes halogenated alkanes) is 1. The highest BCUT2D eigenvalue weighted by Crippen LogP contribution is 2.32. The standard InChI is InChI=1S/C16H25ClN2O3S/c1-5-6-7-15(20)18-8-9-19(23(4,21)22)16-13(3)10-12(2)11-14(16)17/h10-11H,5-9H2,1-4H3,(H,18,20). The van der Waals surface area contributed by atoms with Gasteiger partial charge in [-0.25, -0.2) is 8.42 Å². The number of anilines is 1. The molecule has 0 aliphatic heterocycles. The van der Waals surface area contributed by atoms with Crippen LogP contribution in [0.3, 0.4) is 0 Å². The molecule has 0 atom stereocenters. The Hall–Kier alpha value is -1.27. The van der Waals surface area contributed by atoms with Crippen LogP contribution in [-0.4, -0.2) is 33.7 Å². The normalized spacial score (nSPS) is 11.3. The van der Waals surface area contributed by atoms with Gasteiger partial charge in [0.2, 0.25) is 15.9 Å². The Kier molecular flexibility index (Phi) is 7.35. The van der Waals surface area contributed by atoms with E-state index in [1.807, 2.05) is 26.8 Å². The van der Waals surface area contributed by atoms with Crippen LogP contribution in [-0.2, 0) is 14.8 Å². The van der Waals surface area contributed by atoms with Crippen molar-refractivity contribution in [2.45, 2.75) is 40.0 Å². The molecule has 0 saturated carbocycles. The molecule has 1 N–H and O–H groups in total. The summed E-state index contributed by atoms with van der Waals surface area (Å²) in [6.45, 7) is 6.15. The first-order valence-electron chi connectivity index (χ1n) is 7.68. The molecular weight excluding hydrogens is 336 g/mol. The summed E-state index contributed by atoms with van der Waals surface area (Å²) >= 11 is 6.25. The van der Waals surface area contributed by atoms with Gasteiger partial charge < -0.3 is 5.32 Å². The van der Waals surface area contributed by atoms with Crippen molar-refractivity contribution in [2.24, 2.45) is 0 Å². The third-order valence-electron chi connectivity index (χ3n) is 3.44. The molecule has 0 unspecified atom stereocenters. The van der Waals surface area contributed by atoms with Crippen LogP contribution in [0.5, 0.6) is 0 Å². The molecule has 0 aliphatic carbocycles. The zero-order chi connectivity index (χ0) is 17.6. The minimum Gasteiger partial charge on any atom is -0.354 e. The number of carbonyl (C=O) groups is 1. The first kappa shape index (κ1) is 19.8. The van der Waals surface area contributed by atoms with Crippen LogP contribution in [0.25, 0.3) is 0 Å². The van der Waals surface area contributed by atoms with Crippen LogP contribution in [0.2, 0.25) is 5.02 Å². The smallest absolute Gasteiger partial charge is 0.232 e. The number of rotatable bonds is 8. The van der Waals surface area contributed by atoms with Crippen molar-refractivity contribution in [3.63, 3.8) is 0 Å². The fraction of sp³-hybridized carbons (Fsp3) is 0.562. The van der Waals surface area contributed by atoms with Crippen LogP contribution in [0.1, 0.15) is 37.3 Å². The second kappa shape index (κ2) is 8.55. The average molecular weight is 361 g/mol. The van der Waals surface area contributed by atoms with Gasteiger partial charge in [-0.3, -0.25) is 9.10 Å². The van der Waals surface area contributed by atoms with Gasteiger partial charge >= 0.3 is 0 Å². The number of sulfonamides is 1. The monoisotopic (exact) mass is 360 g/mol. The Bertz CT molecular complexity index is 636. The largest absolute Gasteiger partial charge is 0.354 e. The van der Waals surface area contributed by atoms with Crippen LogP contribution >= 0.6 is 11.6 Å². The molecule has 0 spiro atoms. The van der Waals surface area contributed by atoms with Gasteiger partial charge in [0.1, 0.15) is 0 Å². The second-order valence-corrected chi connectivity index (χ2v) is 8.01. The average Bonchev–Trinajstić information content (AvgIpc) is 2.41. The number of halogens is 1. The molecule has 0 bridgehead atoms. The number of benzene rings is 1. The molecule has 130 valence electrons. The minimum atomic E-state index is -3.49. The summed E-state index contributed by atoms with van der Waals surface area (Å²) in [4.78, 5) is 11.6. The van der Waals surface area contributed by atoms with E-state index in [9.17, 15) is 13.2 Å². The van der Waals surface area contributed by atoms with Crippen molar-refractivity contribution < 1.29 is 13.2 Å². The lowest BCUT2D eigenvalue weighted by Crippen LogP contribution is -2.38. The summed E-state index contributed by atoms with van der Waals surface area (Å²) in [5.41, 5.74) is 2.23. The maximum Gasteiger partial charge on any atom is 0.232 e. The van der Waals surface area contributed by atoms with E-state index in [0.717, 1.165) is 30.2 Å². The number of hydrogen-bond donors (Lipinski definition) is 1. The second-order valence-electron chi connectivity index (χ2n) is 5.70. The molecule has 23 heavy (non-hydrogen) atoms. The van der Waals surface area contributed by atoms with Crippen molar-refractivity contribution in [1.82, 2.24) is 5.32 Å². The number of aryl methyl sites for hydroxylation is 2. The zero-order valence-corrected chi connectivity index (χ0v) is 15.7. The van der Waals surface area contributed by atoms with Crippen LogP contribution in [0.4, 0.5) is 5.69 Å². The van der Waals surface area contributed by atoms with Gasteiger partial charge in [0.25, 0.3) is 0 Å². The van der Waals surface area contributed by atoms with Crippen molar-refractivity contribution in [3.05, 3.63) is 28.3 Å². The van der Waals surface area contributed by atoms with Gasteiger partial charge in [-0.15, -0.1) is 0 Å². The van der Waals surface area contributed by atoms with Crippen molar-refractivity contribution in [1.29, 1.82) is 0 Å². The molecule has 1 aromatic rings. The van der Waals surface area contributed by atoms with Crippen molar-refractivity contribution in [3.8, 4) is 0 Å². The molecule has 1 aromatic carbocycles. The first-order valence-corrected chi connectivity index (χ1v) is 9.90. The fourth-order valence-corrected chi connectivity index (χ4v) is 3.86. The summed E-state index contributed by atoms with van der Waals surface area (Å²) in [6.07, 6.45) is 3.37. The molecule has 0 aromatic heterocycles. The Morgan fingerprint density at radius 1 is 1.30 bits per heavy atom. The maximum atomic E-state index is 12.1. The van der Waals surface area contributed by atoms with Crippen LogP contribution in [0.15, 0.2) is 12.1 Å². The number of amides is 1. The summed E-state index contributed by atoms with van der Waals surface area (Å²) in [5, 5.41) is 3.15. The lowest BCUT2D eigenvalue weighted by atomic mass is 10.1. The summed E-state index contributed by atoms with van der Waals surface area (Å²) in [7, 11) is -3.49. The molecule has 5 nitrogen and oxygen atoms in total. The Morgan fingerprint density at radius 3 is 2.48 bits per heavy atom. The number of nitrogens with zero attached hydrogens (tertiary/aromatic N) is 1. The van der Waals surface area contributed by atoms with E-state index in [1.165, 1.54) is 4.31 Å². The van der Waals surface area contributed by atoms with Gasteiger partial charge in [-0.05, 0) is 37.5 Å². The Labute approximate surface area is 144 Å². The maximum absolute atomic E-state index is 12.1. The topological polar surface area (TPSA) is 66.5 Å². The predicted octanol–water partition coefficient (Wildman–Crippen LogP) is 3.03. The molecule has 7 heteroatoms. The molecule has 1 rings (SSSR count). The van der Waals surface area contributed by atoms with E-state index in [0.29, 0.717) is 17.1 Å². The highest BCUT2D eigenvalue weighted by atomic mass is 35.5. The molecular formula is C16H25ClN2O3S. The lowest BCUT2D eigenvalue weighted by molar-refractivity contribution is -0.121. The number of carbonyl (C=O) groups excluding carboxylic acids is 1. The summed E-state index contributed by atoms with van der Waals surface area (Å²) in [6, 6.07) is 3.63. The molecule has 0 aliphatic rings. The van der Waals surface area contributed by atoms with Gasteiger partial charge in [0, 0.05) is 13.0 Å². The third kappa shape index (κ3) is 6.03. The highest BCUT2D eigenvalue weighted by Gasteiger charge is 2.22. The van der Waals surface area contributed by atoms with E-state index >= 15 is 0 Å². The van der Waals surface area contributed by atoms with E-state index in [4.69, 9.17) is 11.6 Å². The first-order chi connectivity index (χ1) is 10.7. The van der Waals surface area contributed by atoms with Gasteiger partial charge in [0.15, 0.2) is 0 Å². The Morgan fingerprint density at radius 2 is 1.96 bits per heavy atom. The quantitative estimate of drug-likeness (QED) is 0.774. The Balaban J connectivity index is 2.90. The SMILES string of the molecule is CCCCC(=O)NCCN(c1c(C)cc(C)cc1Cl)S(C)(=O)=O. The number of hydrogen-bond acceptors (Lipinski definition) is 3. The van der Waals surface area contributed by atoms with Crippen molar-refractivity contribution in [2.75, 3.05) is 23.7 Å². The molecule has 0 heterocycles. The van der Waals surface area contributed by atoms with E-state index < -0.39 is 10.0 Å². The van der Waals surface area contributed by atoms with Gasteiger partial charge in [-0.1, -0.05) is 31.0 Å². The zero-order valence-electron chi connectivity index (χ0n) is 14.1. The van der Waals surface area contributed by atoms with Gasteiger partial charge in [-0.2, -0.15) is 0 Å². The molecule has 1 amide bonds. The van der Waals surface area contributed by atoms with E-state index in [1.54, 1.807) is 6.07 Å². The van der Waals surface area contributed by atoms with Crippen LogP contribution < -0.4 is 9.62 Å². The summed E-state index contributed by atoms with van der Waals surface area (Å²) < 4.78 is 25.5. The van der Waals surface area contributed by atoms with Crippen LogP contribution in [0, 0.1) is 13.8 Å². The minimum absolute atomic E-state index is 0.0629. The predicted molar refractivity (Wildman–Crippen MR) is 95.7 cm³/mol. The third-order valence-corrected chi connectivity index (χ3v) is 4.90. The fourth-order valence-electron chi connectivity index (χ4n) is 2.39. The van der Waals surface area contributed by atoms with Crippen molar-refractivity contribution >= 4 is 33.2 Å². The van der Waals surface area contributed by atoms with E-state index in [-0.39, 0.29) is 19.0 Å². The highest BCUT2D eigenvalue weighted by molar-refractivity contribution is 7.92. The summed E-state index contributed by atoms with van der Waals surface area (Å²) in [5.74, 6) is -0.0629. The number of nitrogens with one attached hydrogen (secondary N) is 1. The molecule has 0 fully saturated rings. The van der Waals surface area contributed by atoms with Gasteiger partial charge in [0.05, 0.1) is 23.5 Å².